The standard InChI is InChI=1S/C10H13BrO2/c1-7-5-10(13)8(3-2-4-12)6-9(7)11/h5-6,12-13H,2-4H2,1H3. The van der Waals surface area contributed by atoms with E-state index < -0.39 is 0 Å². The monoisotopic (exact) mass is 244 g/mol. The Hall–Kier alpha value is -0.540. The van der Waals surface area contributed by atoms with Gasteiger partial charge in [0.1, 0.15) is 5.75 Å². The van der Waals surface area contributed by atoms with Gasteiger partial charge in [-0.25, -0.2) is 0 Å². The van der Waals surface area contributed by atoms with E-state index in [4.69, 9.17) is 5.11 Å². The first-order valence-electron chi connectivity index (χ1n) is 4.24. The molecular formula is C10H13BrO2. The summed E-state index contributed by atoms with van der Waals surface area (Å²) < 4.78 is 0.998. The summed E-state index contributed by atoms with van der Waals surface area (Å²) in [5, 5.41) is 18.2. The molecule has 0 bridgehead atoms. The summed E-state index contributed by atoms with van der Waals surface area (Å²) in [7, 11) is 0. The Labute approximate surface area is 86.3 Å². The largest absolute Gasteiger partial charge is 0.508 e. The number of benzene rings is 1. The molecule has 1 aromatic rings. The number of halogens is 1. The molecule has 0 radical (unpaired) electrons. The van der Waals surface area contributed by atoms with E-state index in [0.29, 0.717) is 18.6 Å². The van der Waals surface area contributed by atoms with Crippen LogP contribution >= 0.6 is 15.9 Å². The summed E-state index contributed by atoms with van der Waals surface area (Å²) in [5.74, 6) is 0.314. The molecule has 0 aliphatic heterocycles. The van der Waals surface area contributed by atoms with Gasteiger partial charge in [0.15, 0.2) is 0 Å². The molecule has 0 amide bonds. The first kappa shape index (κ1) is 10.5. The molecule has 2 nitrogen and oxygen atoms in total. The molecule has 0 fully saturated rings. The van der Waals surface area contributed by atoms with Crippen LogP contribution in [0.4, 0.5) is 0 Å². The predicted molar refractivity (Wildman–Crippen MR) is 56.0 cm³/mol. The van der Waals surface area contributed by atoms with Crippen molar-refractivity contribution >= 4 is 15.9 Å². The average Bonchev–Trinajstić information content (AvgIpc) is 2.09. The second-order valence-electron chi connectivity index (χ2n) is 3.06. The molecule has 2 N–H and O–H groups in total. The maximum absolute atomic E-state index is 9.54. The Morgan fingerprint density at radius 3 is 2.69 bits per heavy atom. The van der Waals surface area contributed by atoms with E-state index in [0.717, 1.165) is 15.6 Å². The van der Waals surface area contributed by atoms with Crippen LogP contribution in [0.5, 0.6) is 5.75 Å². The Balaban J connectivity index is 2.88. The number of phenols is 1. The number of aromatic hydroxyl groups is 1. The van der Waals surface area contributed by atoms with Crippen molar-refractivity contribution in [3.8, 4) is 5.75 Å². The average molecular weight is 245 g/mol. The second kappa shape index (κ2) is 4.63. The van der Waals surface area contributed by atoms with Crippen LogP contribution in [-0.2, 0) is 6.42 Å². The first-order valence-corrected chi connectivity index (χ1v) is 5.03. The zero-order chi connectivity index (χ0) is 9.84. The summed E-state index contributed by atoms with van der Waals surface area (Å²) >= 11 is 3.40. The molecule has 0 aliphatic carbocycles. The minimum Gasteiger partial charge on any atom is -0.508 e. The third kappa shape index (κ3) is 2.71. The molecule has 3 heteroatoms. The lowest BCUT2D eigenvalue weighted by Gasteiger charge is -2.06. The van der Waals surface area contributed by atoms with Crippen LogP contribution in [0.3, 0.4) is 0 Å². The summed E-state index contributed by atoms with van der Waals surface area (Å²) in [6, 6.07) is 3.64. The van der Waals surface area contributed by atoms with Gasteiger partial charge in [-0.05, 0) is 43.0 Å². The van der Waals surface area contributed by atoms with Crippen LogP contribution in [0.15, 0.2) is 16.6 Å². The molecule has 13 heavy (non-hydrogen) atoms. The summed E-state index contributed by atoms with van der Waals surface area (Å²) in [4.78, 5) is 0. The molecular weight excluding hydrogens is 232 g/mol. The van der Waals surface area contributed by atoms with Gasteiger partial charge in [-0.15, -0.1) is 0 Å². The number of hydrogen-bond donors (Lipinski definition) is 2. The molecule has 0 atom stereocenters. The SMILES string of the molecule is Cc1cc(O)c(CCCO)cc1Br. The lowest BCUT2D eigenvalue weighted by Crippen LogP contribution is -1.91. The molecule has 0 unspecified atom stereocenters. The topological polar surface area (TPSA) is 40.5 Å². The van der Waals surface area contributed by atoms with E-state index in [9.17, 15) is 5.11 Å². The highest BCUT2D eigenvalue weighted by Gasteiger charge is 2.04. The summed E-state index contributed by atoms with van der Waals surface area (Å²) in [6.07, 6.45) is 1.39. The van der Waals surface area contributed by atoms with Crippen LogP contribution in [0.1, 0.15) is 17.5 Å². The van der Waals surface area contributed by atoms with Crippen LogP contribution < -0.4 is 0 Å². The van der Waals surface area contributed by atoms with Crippen molar-refractivity contribution in [3.05, 3.63) is 27.7 Å². The highest BCUT2D eigenvalue weighted by atomic mass is 79.9. The van der Waals surface area contributed by atoms with Crippen molar-refractivity contribution in [2.24, 2.45) is 0 Å². The van der Waals surface area contributed by atoms with Gasteiger partial charge in [0.2, 0.25) is 0 Å². The van der Waals surface area contributed by atoms with Crippen LogP contribution in [0, 0.1) is 6.92 Å². The molecule has 72 valence electrons. The lowest BCUT2D eigenvalue weighted by molar-refractivity contribution is 0.288. The molecule has 1 rings (SSSR count). The third-order valence-corrected chi connectivity index (χ3v) is 2.82. The maximum Gasteiger partial charge on any atom is 0.119 e. The molecule has 0 aliphatic rings. The zero-order valence-electron chi connectivity index (χ0n) is 7.55. The van der Waals surface area contributed by atoms with Gasteiger partial charge in [0.05, 0.1) is 0 Å². The maximum atomic E-state index is 9.54. The first-order chi connectivity index (χ1) is 6.15. The smallest absolute Gasteiger partial charge is 0.119 e. The van der Waals surface area contributed by atoms with Crippen molar-refractivity contribution in [3.63, 3.8) is 0 Å². The number of phenolic OH excluding ortho intramolecular Hbond substituents is 1. The minimum absolute atomic E-state index is 0.158. The predicted octanol–water partition coefficient (Wildman–Crippen LogP) is 2.39. The Kier molecular flexibility index (Phi) is 3.75. The van der Waals surface area contributed by atoms with Crippen molar-refractivity contribution < 1.29 is 10.2 Å². The quantitative estimate of drug-likeness (QED) is 0.858. The van der Waals surface area contributed by atoms with Crippen molar-refractivity contribution in [2.45, 2.75) is 19.8 Å². The molecule has 0 aromatic heterocycles. The third-order valence-electron chi connectivity index (χ3n) is 1.96. The van der Waals surface area contributed by atoms with E-state index in [1.165, 1.54) is 0 Å². The van der Waals surface area contributed by atoms with Crippen molar-refractivity contribution in [2.75, 3.05) is 6.61 Å². The molecule has 0 heterocycles. The minimum atomic E-state index is 0.158. The van der Waals surface area contributed by atoms with Gasteiger partial charge in [-0.2, -0.15) is 0 Å². The summed E-state index contributed by atoms with van der Waals surface area (Å²) in [5.41, 5.74) is 1.90. The fourth-order valence-corrected chi connectivity index (χ4v) is 1.57. The van der Waals surface area contributed by atoms with E-state index >= 15 is 0 Å². The number of rotatable bonds is 3. The number of aliphatic hydroxyl groups excluding tert-OH is 1. The van der Waals surface area contributed by atoms with Gasteiger partial charge < -0.3 is 10.2 Å². The molecule has 1 aromatic carbocycles. The van der Waals surface area contributed by atoms with Gasteiger partial charge in [0.25, 0.3) is 0 Å². The van der Waals surface area contributed by atoms with Crippen molar-refractivity contribution in [1.82, 2.24) is 0 Å². The number of aliphatic hydroxyl groups is 1. The normalized spacial score (nSPS) is 10.4. The Bertz CT molecular complexity index is 297. The lowest BCUT2D eigenvalue weighted by atomic mass is 10.1. The van der Waals surface area contributed by atoms with Crippen LogP contribution in [0.25, 0.3) is 0 Å². The molecule has 0 spiro atoms. The summed E-state index contributed by atoms with van der Waals surface area (Å²) in [6.45, 7) is 2.09. The van der Waals surface area contributed by atoms with Crippen molar-refractivity contribution in [1.29, 1.82) is 0 Å². The zero-order valence-corrected chi connectivity index (χ0v) is 9.13. The molecule has 0 saturated heterocycles. The van der Waals surface area contributed by atoms with Gasteiger partial charge in [-0.1, -0.05) is 15.9 Å². The van der Waals surface area contributed by atoms with Crippen LogP contribution in [-0.4, -0.2) is 16.8 Å². The fourth-order valence-electron chi connectivity index (χ4n) is 1.18. The van der Waals surface area contributed by atoms with E-state index in [2.05, 4.69) is 15.9 Å². The Morgan fingerprint density at radius 2 is 2.08 bits per heavy atom. The Morgan fingerprint density at radius 1 is 1.38 bits per heavy atom. The number of hydrogen-bond acceptors (Lipinski definition) is 2. The van der Waals surface area contributed by atoms with E-state index in [-0.39, 0.29) is 6.61 Å². The molecule has 0 saturated carbocycles. The fraction of sp³-hybridized carbons (Fsp3) is 0.400. The highest BCUT2D eigenvalue weighted by Crippen LogP contribution is 2.26. The second-order valence-corrected chi connectivity index (χ2v) is 3.91. The van der Waals surface area contributed by atoms with E-state index in [1.54, 1.807) is 6.07 Å². The van der Waals surface area contributed by atoms with Crippen LogP contribution in [0.2, 0.25) is 0 Å². The van der Waals surface area contributed by atoms with Gasteiger partial charge in [-0.3, -0.25) is 0 Å². The van der Waals surface area contributed by atoms with E-state index in [1.807, 2.05) is 13.0 Å². The van der Waals surface area contributed by atoms with Gasteiger partial charge >= 0.3 is 0 Å². The van der Waals surface area contributed by atoms with Gasteiger partial charge in [0, 0.05) is 11.1 Å². The number of aryl methyl sites for hydroxylation is 2. The highest BCUT2D eigenvalue weighted by molar-refractivity contribution is 9.10.